The predicted molar refractivity (Wildman–Crippen MR) is 96.3 cm³/mol. The third-order valence-electron chi connectivity index (χ3n) is 4.61. The van der Waals surface area contributed by atoms with Gasteiger partial charge in [0.05, 0.1) is 13.2 Å². The maximum atomic E-state index is 12.7. The van der Waals surface area contributed by atoms with E-state index in [1.54, 1.807) is 24.3 Å². The molecular weight excluding hydrogens is 334 g/mol. The number of aliphatic hydroxyl groups excluding tert-OH is 1. The third kappa shape index (κ3) is 3.94. The lowest BCUT2D eigenvalue weighted by Crippen LogP contribution is -2.34. The summed E-state index contributed by atoms with van der Waals surface area (Å²) in [6.07, 6.45) is 5.56. The van der Waals surface area contributed by atoms with Gasteiger partial charge in [-0.25, -0.2) is 0 Å². The maximum absolute atomic E-state index is 12.7. The first-order valence-corrected chi connectivity index (χ1v) is 8.95. The quantitative estimate of drug-likeness (QED) is 0.777. The Labute approximate surface area is 152 Å². The number of anilines is 1. The molecule has 0 unspecified atom stereocenters. The van der Waals surface area contributed by atoms with Gasteiger partial charge in [-0.05, 0) is 31.0 Å². The van der Waals surface area contributed by atoms with Crippen LogP contribution in [0.2, 0.25) is 0 Å². The van der Waals surface area contributed by atoms with E-state index < -0.39 is 11.8 Å². The Bertz CT molecular complexity index is 736. The number of rotatable bonds is 5. The molecule has 1 fully saturated rings. The summed E-state index contributed by atoms with van der Waals surface area (Å²) in [7, 11) is 0. The monoisotopic (exact) mass is 357 g/mol. The van der Waals surface area contributed by atoms with E-state index in [9.17, 15) is 14.4 Å². The van der Waals surface area contributed by atoms with Crippen molar-refractivity contribution in [3.8, 4) is 0 Å². The molecule has 26 heavy (non-hydrogen) atoms. The SMILES string of the molecule is O=C(c1cccc(NC2=CC(=O)N(CCO)C2=O)c1)N1CCCCCC1. The molecule has 3 amide bonds. The van der Waals surface area contributed by atoms with Crippen molar-refractivity contribution in [2.24, 2.45) is 0 Å². The van der Waals surface area contributed by atoms with Gasteiger partial charge in [0.15, 0.2) is 0 Å². The van der Waals surface area contributed by atoms with Gasteiger partial charge >= 0.3 is 0 Å². The molecule has 0 saturated carbocycles. The molecule has 2 N–H and O–H groups in total. The zero-order valence-corrected chi connectivity index (χ0v) is 14.6. The van der Waals surface area contributed by atoms with Crippen LogP contribution in [0.1, 0.15) is 36.0 Å². The first-order valence-electron chi connectivity index (χ1n) is 8.95. The Morgan fingerprint density at radius 1 is 1.12 bits per heavy atom. The Morgan fingerprint density at radius 3 is 2.54 bits per heavy atom. The first kappa shape index (κ1) is 18.1. The summed E-state index contributed by atoms with van der Waals surface area (Å²) in [6, 6.07) is 6.94. The summed E-state index contributed by atoms with van der Waals surface area (Å²) in [5, 5.41) is 11.9. The number of carbonyl (C=O) groups excluding carboxylic acids is 3. The summed E-state index contributed by atoms with van der Waals surface area (Å²) in [6.45, 7) is 1.22. The van der Waals surface area contributed by atoms with Crippen LogP contribution in [-0.4, -0.2) is 58.9 Å². The number of nitrogens with zero attached hydrogens (tertiary/aromatic N) is 2. The molecule has 0 radical (unpaired) electrons. The van der Waals surface area contributed by atoms with Crippen molar-refractivity contribution in [1.29, 1.82) is 0 Å². The molecule has 0 aromatic heterocycles. The standard InChI is InChI=1S/C19H23N3O4/c23-11-10-22-17(24)13-16(19(22)26)20-15-7-5-6-14(12-15)18(25)21-8-3-1-2-4-9-21/h5-7,12-13,20,23H,1-4,8-11H2. The lowest BCUT2D eigenvalue weighted by Gasteiger charge is -2.20. The van der Waals surface area contributed by atoms with Crippen LogP contribution in [0, 0.1) is 0 Å². The van der Waals surface area contributed by atoms with Crippen LogP contribution < -0.4 is 5.32 Å². The van der Waals surface area contributed by atoms with Crippen LogP contribution in [0.4, 0.5) is 5.69 Å². The molecule has 0 spiro atoms. The van der Waals surface area contributed by atoms with E-state index in [1.165, 1.54) is 6.08 Å². The fourth-order valence-corrected chi connectivity index (χ4v) is 3.25. The highest BCUT2D eigenvalue weighted by atomic mass is 16.3. The minimum atomic E-state index is -0.478. The average Bonchev–Trinajstić information content (AvgIpc) is 2.85. The van der Waals surface area contributed by atoms with Gasteiger partial charge in [-0.15, -0.1) is 0 Å². The number of likely N-dealkylation sites (tertiary alicyclic amines) is 1. The van der Waals surface area contributed by atoms with E-state index in [0.717, 1.165) is 43.7 Å². The van der Waals surface area contributed by atoms with Crippen LogP contribution >= 0.6 is 0 Å². The van der Waals surface area contributed by atoms with Crippen molar-refractivity contribution in [2.45, 2.75) is 25.7 Å². The fraction of sp³-hybridized carbons (Fsp3) is 0.421. The molecule has 0 bridgehead atoms. The third-order valence-corrected chi connectivity index (χ3v) is 4.61. The minimum absolute atomic E-state index is 0.0136. The van der Waals surface area contributed by atoms with E-state index >= 15 is 0 Å². The van der Waals surface area contributed by atoms with Crippen LogP contribution in [-0.2, 0) is 9.59 Å². The van der Waals surface area contributed by atoms with Gasteiger partial charge in [-0.1, -0.05) is 18.9 Å². The average molecular weight is 357 g/mol. The van der Waals surface area contributed by atoms with E-state index in [4.69, 9.17) is 5.11 Å². The molecule has 1 aromatic carbocycles. The first-order chi connectivity index (χ1) is 12.6. The zero-order valence-electron chi connectivity index (χ0n) is 14.6. The molecule has 7 heteroatoms. The van der Waals surface area contributed by atoms with E-state index in [-0.39, 0.29) is 24.8 Å². The molecule has 0 aliphatic carbocycles. The molecule has 138 valence electrons. The lowest BCUT2D eigenvalue weighted by molar-refractivity contribution is -0.137. The molecule has 2 aliphatic heterocycles. The smallest absolute Gasteiger partial charge is 0.277 e. The molecule has 1 saturated heterocycles. The van der Waals surface area contributed by atoms with Gasteiger partial charge < -0.3 is 15.3 Å². The van der Waals surface area contributed by atoms with Crippen molar-refractivity contribution in [1.82, 2.24) is 9.80 Å². The zero-order chi connectivity index (χ0) is 18.5. The number of β-amino-alcohol motifs (C(OH)–C–C–N with tert-alkyl or cyclic N) is 1. The normalized spacial score (nSPS) is 18.0. The topological polar surface area (TPSA) is 90.0 Å². The molecular formula is C19H23N3O4. The van der Waals surface area contributed by atoms with Gasteiger partial charge in [0, 0.05) is 30.4 Å². The maximum Gasteiger partial charge on any atom is 0.277 e. The van der Waals surface area contributed by atoms with E-state index in [0.29, 0.717) is 11.3 Å². The second-order valence-corrected chi connectivity index (χ2v) is 6.49. The molecule has 7 nitrogen and oxygen atoms in total. The molecule has 1 aromatic rings. The summed E-state index contributed by atoms with van der Waals surface area (Å²) in [5.74, 6) is -0.947. The number of carbonyl (C=O) groups is 3. The van der Waals surface area contributed by atoms with Crippen molar-refractivity contribution in [2.75, 3.05) is 31.6 Å². The number of aliphatic hydroxyl groups is 1. The molecule has 2 heterocycles. The summed E-state index contributed by atoms with van der Waals surface area (Å²) in [5.41, 5.74) is 1.27. The highest BCUT2D eigenvalue weighted by Gasteiger charge is 2.30. The molecule has 2 aliphatic rings. The van der Waals surface area contributed by atoms with Crippen LogP contribution in [0.25, 0.3) is 0 Å². The fourth-order valence-electron chi connectivity index (χ4n) is 3.25. The number of imide groups is 1. The summed E-state index contributed by atoms with van der Waals surface area (Å²) < 4.78 is 0. The summed E-state index contributed by atoms with van der Waals surface area (Å²) in [4.78, 5) is 39.6. The second kappa shape index (κ2) is 8.14. The molecule has 0 atom stereocenters. The number of benzene rings is 1. The highest BCUT2D eigenvalue weighted by molar-refractivity contribution is 6.17. The summed E-state index contributed by atoms with van der Waals surface area (Å²) >= 11 is 0. The van der Waals surface area contributed by atoms with Crippen LogP contribution in [0.3, 0.4) is 0 Å². The van der Waals surface area contributed by atoms with Gasteiger partial charge in [-0.3, -0.25) is 19.3 Å². The second-order valence-electron chi connectivity index (χ2n) is 6.49. The molecule has 3 rings (SSSR count). The Hall–Kier alpha value is -2.67. The highest BCUT2D eigenvalue weighted by Crippen LogP contribution is 2.20. The van der Waals surface area contributed by atoms with Crippen molar-refractivity contribution in [3.05, 3.63) is 41.6 Å². The van der Waals surface area contributed by atoms with Crippen LogP contribution in [0.5, 0.6) is 0 Å². The van der Waals surface area contributed by atoms with Gasteiger partial charge in [-0.2, -0.15) is 0 Å². The van der Waals surface area contributed by atoms with Gasteiger partial charge in [0.25, 0.3) is 17.7 Å². The van der Waals surface area contributed by atoms with Crippen molar-refractivity contribution in [3.63, 3.8) is 0 Å². The Kier molecular flexibility index (Phi) is 5.68. The van der Waals surface area contributed by atoms with Gasteiger partial charge in [0.2, 0.25) is 0 Å². The van der Waals surface area contributed by atoms with Crippen molar-refractivity contribution >= 4 is 23.4 Å². The van der Waals surface area contributed by atoms with Crippen LogP contribution in [0.15, 0.2) is 36.0 Å². The number of amides is 3. The minimum Gasteiger partial charge on any atom is -0.395 e. The Morgan fingerprint density at radius 2 is 1.85 bits per heavy atom. The number of hydrogen-bond donors (Lipinski definition) is 2. The lowest BCUT2D eigenvalue weighted by atomic mass is 10.1. The number of hydrogen-bond acceptors (Lipinski definition) is 5. The van der Waals surface area contributed by atoms with Gasteiger partial charge in [0.1, 0.15) is 5.70 Å². The largest absolute Gasteiger partial charge is 0.395 e. The van der Waals surface area contributed by atoms with Crippen molar-refractivity contribution < 1.29 is 19.5 Å². The Balaban J connectivity index is 1.71. The van der Waals surface area contributed by atoms with E-state index in [2.05, 4.69) is 5.32 Å². The van der Waals surface area contributed by atoms with E-state index in [1.807, 2.05) is 4.90 Å². The predicted octanol–water partition coefficient (Wildman–Crippen LogP) is 1.36. The number of nitrogens with one attached hydrogen (secondary N) is 1.